The number of amides is 1. The number of carbonyl (C=O) groups is 1. The number of hydrogen-bond acceptors (Lipinski definition) is 4. The van der Waals surface area contributed by atoms with Gasteiger partial charge in [-0.05, 0) is 23.6 Å². The van der Waals surface area contributed by atoms with Crippen LogP contribution in [0.2, 0.25) is 0 Å². The van der Waals surface area contributed by atoms with Gasteiger partial charge in [-0.2, -0.15) is 5.26 Å². The molecule has 0 aliphatic heterocycles. The zero-order valence-electron chi connectivity index (χ0n) is 15.0. The number of anilines is 1. The van der Waals surface area contributed by atoms with Gasteiger partial charge in [0.1, 0.15) is 11.6 Å². The largest absolute Gasteiger partial charge is 0.493 e. The third kappa shape index (κ3) is 3.75. The summed E-state index contributed by atoms with van der Waals surface area (Å²) < 4.78 is 10.6. The minimum Gasteiger partial charge on any atom is -0.493 e. The van der Waals surface area contributed by atoms with E-state index in [1.54, 1.807) is 24.3 Å². The van der Waals surface area contributed by atoms with E-state index in [1.807, 2.05) is 42.5 Å². The Morgan fingerprint density at radius 2 is 1.74 bits per heavy atom. The summed E-state index contributed by atoms with van der Waals surface area (Å²) in [6, 6.07) is 20.6. The van der Waals surface area contributed by atoms with Crippen LogP contribution in [-0.4, -0.2) is 20.1 Å². The molecule has 0 spiro atoms. The first-order chi connectivity index (χ1) is 13.2. The Kier molecular flexibility index (Phi) is 5.38. The van der Waals surface area contributed by atoms with Crippen LogP contribution in [0.25, 0.3) is 16.8 Å². The van der Waals surface area contributed by atoms with E-state index in [1.165, 1.54) is 20.3 Å². The van der Waals surface area contributed by atoms with Crippen LogP contribution < -0.4 is 14.8 Å². The second-order valence-corrected chi connectivity index (χ2v) is 5.73. The highest BCUT2D eigenvalue weighted by Gasteiger charge is 2.14. The summed E-state index contributed by atoms with van der Waals surface area (Å²) in [4.78, 5) is 12.7. The standard InChI is InChI=1S/C22H18N2O3/c1-26-20-12-6-9-16(21(20)27-2)13-17(14-23)22(25)24-19-11-5-8-15-7-3-4-10-18(15)19/h3-13H,1-2H3,(H,24,25)/b17-13+. The second-order valence-electron chi connectivity index (χ2n) is 5.73. The molecule has 1 amide bonds. The number of nitrogens with zero attached hydrogens (tertiary/aromatic N) is 1. The molecule has 0 aromatic heterocycles. The molecule has 0 aliphatic carbocycles. The predicted octanol–water partition coefficient (Wildman–Crippen LogP) is 4.40. The summed E-state index contributed by atoms with van der Waals surface area (Å²) >= 11 is 0. The van der Waals surface area contributed by atoms with E-state index in [0.717, 1.165) is 10.8 Å². The molecule has 134 valence electrons. The van der Waals surface area contributed by atoms with Gasteiger partial charge in [0.2, 0.25) is 0 Å². The fourth-order valence-corrected chi connectivity index (χ4v) is 2.85. The number of benzene rings is 3. The number of methoxy groups -OCH3 is 2. The van der Waals surface area contributed by atoms with Crippen molar-refractivity contribution < 1.29 is 14.3 Å². The first-order valence-electron chi connectivity index (χ1n) is 8.30. The average molecular weight is 358 g/mol. The number of ether oxygens (including phenoxy) is 2. The van der Waals surface area contributed by atoms with E-state index >= 15 is 0 Å². The highest BCUT2D eigenvalue weighted by molar-refractivity contribution is 6.13. The molecular formula is C22H18N2O3. The first kappa shape index (κ1) is 18.0. The molecule has 0 unspecified atom stereocenters. The van der Waals surface area contributed by atoms with Gasteiger partial charge in [0.15, 0.2) is 11.5 Å². The average Bonchev–Trinajstić information content (AvgIpc) is 2.71. The summed E-state index contributed by atoms with van der Waals surface area (Å²) in [5, 5.41) is 14.2. The monoisotopic (exact) mass is 358 g/mol. The number of para-hydroxylation sites is 1. The van der Waals surface area contributed by atoms with E-state index in [0.29, 0.717) is 22.7 Å². The lowest BCUT2D eigenvalue weighted by Crippen LogP contribution is -2.13. The van der Waals surface area contributed by atoms with E-state index in [2.05, 4.69) is 5.32 Å². The minimum atomic E-state index is -0.487. The molecule has 0 radical (unpaired) electrons. The Hall–Kier alpha value is -3.78. The zero-order chi connectivity index (χ0) is 19.2. The number of hydrogen-bond donors (Lipinski definition) is 1. The predicted molar refractivity (Wildman–Crippen MR) is 106 cm³/mol. The smallest absolute Gasteiger partial charge is 0.266 e. The topological polar surface area (TPSA) is 71.3 Å². The highest BCUT2D eigenvalue weighted by atomic mass is 16.5. The molecule has 3 rings (SSSR count). The van der Waals surface area contributed by atoms with Crippen LogP contribution >= 0.6 is 0 Å². The molecule has 0 bridgehead atoms. The number of nitriles is 1. The van der Waals surface area contributed by atoms with Crippen molar-refractivity contribution in [2.24, 2.45) is 0 Å². The van der Waals surface area contributed by atoms with Crippen LogP contribution in [0.4, 0.5) is 5.69 Å². The Labute approximate surface area is 157 Å². The third-order valence-corrected chi connectivity index (χ3v) is 4.14. The molecule has 0 saturated heterocycles. The number of fused-ring (bicyclic) bond motifs is 1. The number of carbonyl (C=O) groups excluding carboxylic acids is 1. The van der Waals surface area contributed by atoms with Gasteiger partial charge in [-0.25, -0.2) is 0 Å². The van der Waals surface area contributed by atoms with Crippen molar-refractivity contribution in [1.82, 2.24) is 0 Å². The Morgan fingerprint density at radius 1 is 1.00 bits per heavy atom. The summed E-state index contributed by atoms with van der Waals surface area (Å²) in [5.41, 5.74) is 1.20. The van der Waals surface area contributed by atoms with Crippen molar-refractivity contribution in [3.05, 3.63) is 71.8 Å². The molecule has 0 heterocycles. The summed E-state index contributed by atoms with van der Waals surface area (Å²) in [5.74, 6) is 0.502. The van der Waals surface area contributed by atoms with E-state index in [4.69, 9.17) is 9.47 Å². The van der Waals surface area contributed by atoms with Crippen molar-refractivity contribution in [3.63, 3.8) is 0 Å². The van der Waals surface area contributed by atoms with Crippen LogP contribution in [0.1, 0.15) is 5.56 Å². The van der Waals surface area contributed by atoms with Gasteiger partial charge < -0.3 is 14.8 Å². The first-order valence-corrected chi connectivity index (χ1v) is 8.30. The lowest BCUT2D eigenvalue weighted by molar-refractivity contribution is -0.112. The molecule has 0 atom stereocenters. The van der Waals surface area contributed by atoms with Crippen molar-refractivity contribution in [2.45, 2.75) is 0 Å². The molecule has 27 heavy (non-hydrogen) atoms. The van der Waals surface area contributed by atoms with Gasteiger partial charge in [0, 0.05) is 16.6 Å². The molecule has 3 aromatic rings. The summed E-state index contributed by atoms with van der Waals surface area (Å²) in [7, 11) is 3.04. The van der Waals surface area contributed by atoms with Gasteiger partial charge in [0.25, 0.3) is 5.91 Å². The molecular weight excluding hydrogens is 340 g/mol. The summed E-state index contributed by atoms with van der Waals surface area (Å²) in [6.07, 6.45) is 1.49. The van der Waals surface area contributed by atoms with Gasteiger partial charge in [-0.3, -0.25) is 4.79 Å². The van der Waals surface area contributed by atoms with Crippen LogP contribution in [0, 0.1) is 11.3 Å². The number of nitrogens with one attached hydrogen (secondary N) is 1. The van der Waals surface area contributed by atoms with Crippen LogP contribution in [0.15, 0.2) is 66.2 Å². The number of rotatable bonds is 5. The van der Waals surface area contributed by atoms with E-state index in [9.17, 15) is 10.1 Å². The molecule has 0 fully saturated rings. The van der Waals surface area contributed by atoms with Gasteiger partial charge in [-0.15, -0.1) is 0 Å². The van der Waals surface area contributed by atoms with Crippen LogP contribution in [0.3, 0.4) is 0 Å². The Bertz CT molecular complexity index is 1060. The van der Waals surface area contributed by atoms with Gasteiger partial charge in [-0.1, -0.05) is 48.5 Å². The molecule has 5 heteroatoms. The van der Waals surface area contributed by atoms with Gasteiger partial charge in [0.05, 0.1) is 14.2 Å². The fourth-order valence-electron chi connectivity index (χ4n) is 2.85. The molecule has 0 saturated carbocycles. The molecule has 0 aliphatic rings. The maximum Gasteiger partial charge on any atom is 0.266 e. The maximum absolute atomic E-state index is 12.7. The molecule has 3 aromatic carbocycles. The third-order valence-electron chi connectivity index (χ3n) is 4.14. The van der Waals surface area contributed by atoms with Crippen LogP contribution in [0.5, 0.6) is 11.5 Å². The van der Waals surface area contributed by atoms with Crippen LogP contribution in [-0.2, 0) is 4.79 Å². The van der Waals surface area contributed by atoms with Crippen molar-refractivity contribution in [1.29, 1.82) is 5.26 Å². The van der Waals surface area contributed by atoms with Crippen molar-refractivity contribution in [3.8, 4) is 17.6 Å². The molecule has 5 nitrogen and oxygen atoms in total. The zero-order valence-corrected chi connectivity index (χ0v) is 15.0. The maximum atomic E-state index is 12.7. The Morgan fingerprint density at radius 3 is 2.48 bits per heavy atom. The second kappa shape index (κ2) is 8.07. The normalized spacial score (nSPS) is 10.9. The van der Waals surface area contributed by atoms with E-state index in [-0.39, 0.29) is 5.57 Å². The summed E-state index contributed by atoms with van der Waals surface area (Å²) in [6.45, 7) is 0. The quantitative estimate of drug-likeness (QED) is 0.542. The Balaban J connectivity index is 1.95. The van der Waals surface area contributed by atoms with Gasteiger partial charge >= 0.3 is 0 Å². The van der Waals surface area contributed by atoms with E-state index < -0.39 is 5.91 Å². The van der Waals surface area contributed by atoms with Crippen molar-refractivity contribution in [2.75, 3.05) is 19.5 Å². The fraction of sp³-hybridized carbons (Fsp3) is 0.0909. The lowest BCUT2D eigenvalue weighted by Gasteiger charge is -2.11. The van der Waals surface area contributed by atoms with Crippen molar-refractivity contribution >= 4 is 28.4 Å². The lowest BCUT2D eigenvalue weighted by atomic mass is 10.1. The minimum absolute atomic E-state index is 0.0329. The highest BCUT2D eigenvalue weighted by Crippen LogP contribution is 2.32. The SMILES string of the molecule is COc1cccc(/C=C(\C#N)C(=O)Nc2cccc3ccccc23)c1OC. The molecule has 1 N–H and O–H groups in total.